The number of hydrogen-bond acceptors (Lipinski definition) is 2. The molecule has 0 amide bonds. The number of nitrogens with one attached hydrogen (secondary N) is 1. The zero-order valence-corrected chi connectivity index (χ0v) is 5.99. The van der Waals surface area contributed by atoms with Gasteiger partial charge in [0, 0.05) is 5.34 Å². The van der Waals surface area contributed by atoms with Gasteiger partial charge in [-0.2, -0.15) is 0 Å². The van der Waals surface area contributed by atoms with Crippen molar-refractivity contribution in [1.29, 1.82) is 0 Å². The highest BCUT2D eigenvalue weighted by molar-refractivity contribution is 3.92. The lowest BCUT2D eigenvalue weighted by Crippen LogP contribution is -3.00. The summed E-state index contributed by atoms with van der Waals surface area (Å²) in [6.45, 7) is 4.25. The first kappa shape index (κ1) is 15.8. The molecule has 0 spiro atoms. The molecule has 0 atom stereocenters. The third-order valence-corrected chi connectivity index (χ3v) is 0. The fourth-order valence-corrected chi connectivity index (χ4v) is 0. The number of hydrogen-bond donors (Lipinski definition) is 1. The zero-order chi connectivity index (χ0) is 5.41. The van der Waals surface area contributed by atoms with Crippen LogP contribution in [0.4, 0.5) is 0 Å². The molecule has 0 aliphatic heterocycles. The van der Waals surface area contributed by atoms with Gasteiger partial charge < -0.3 is 17.0 Å². The highest BCUT2D eigenvalue weighted by Gasteiger charge is 1.35. The second-order valence-corrected chi connectivity index (χ2v) is 0.790. The minimum absolute atomic E-state index is 0. The smallest absolute Gasteiger partial charge is 0.00366 e. The topological polar surface area (TPSA) is 54.1 Å². The van der Waals surface area contributed by atoms with Gasteiger partial charge in [0.1, 0.15) is 0 Å². The van der Waals surface area contributed by atoms with Crippen molar-refractivity contribution >= 4 is 0 Å². The van der Waals surface area contributed by atoms with Crippen molar-refractivity contribution in [3.8, 4) is 0 Å². The summed E-state index contributed by atoms with van der Waals surface area (Å²) in [7, 11) is 0. The van der Waals surface area contributed by atoms with Gasteiger partial charge in [-0.25, -0.2) is 0 Å². The molecule has 4 heteroatoms. The van der Waals surface area contributed by atoms with Gasteiger partial charge in [0.2, 0.25) is 0 Å². The van der Waals surface area contributed by atoms with E-state index in [2.05, 4.69) is 13.8 Å². The molecule has 0 rings (SSSR count). The molecule has 0 aromatic heterocycles. The first-order valence-corrected chi connectivity index (χ1v) is 1.82. The van der Waals surface area contributed by atoms with Crippen molar-refractivity contribution in [3.05, 3.63) is 10.1 Å². The molecule has 0 bridgehead atoms. The summed E-state index contributed by atoms with van der Waals surface area (Å²) in [6.07, 6.45) is 1.25. The standard InChI is InChI=1S/C3H8.BrH.HNO2/c1-3-2;;2-1-3/h3H2,1-2H3;1H;1H/p-1. The summed E-state index contributed by atoms with van der Waals surface area (Å²) in [5.74, 6) is 0. The van der Waals surface area contributed by atoms with Crippen LogP contribution in [0.5, 0.6) is 0 Å². The summed E-state index contributed by atoms with van der Waals surface area (Å²) in [6, 6.07) is 0. The van der Waals surface area contributed by atoms with Gasteiger partial charge in [-0.05, 0) is 0 Å². The lowest BCUT2D eigenvalue weighted by atomic mass is 10.6. The monoisotopic (exact) mass is 170 g/mol. The molecule has 46 valence electrons. The van der Waals surface area contributed by atoms with Crippen LogP contribution in [0.2, 0.25) is 0 Å². The van der Waals surface area contributed by atoms with Gasteiger partial charge in [-0.15, -0.1) is 0 Å². The second kappa shape index (κ2) is 39.6. The Morgan fingerprint density at radius 3 is 1.57 bits per heavy atom. The molecule has 0 radical (unpaired) electrons. The van der Waals surface area contributed by atoms with Crippen LogP contribution in [-0.4, -0.2) is 0 Å². The molecule has 0 unspecified atom stereocenters. The fraction of sp³-hybridized carbons (Fsp3) is 1.00. The quantitative estimate of drug-likeness (QED) is 0.307. The predicted molar refractivity (Wildman–Crippen MR) is 23.7 cm³/mol. The fourth-order valence-electron chi connectivity index (χ4n) is 0. The Balaban J connectivity index is -0.0000000400. The third kappa shape index (κ3) is 6150. The van der Waals surface area contributed by atoms with Crippen molar-refractivity contribution in [3.63, 3.8) is 0 Å². The SMILES string of the molecule is CCC.O=[NH+][O-].[Br-]. The summed E-state index contributed by atoms with van der Waals surface area (Å²) >= 11 is 0. The normalized spacial score (nSPS) is 4.29. The molecule has 0 saturated heterocycles. The van der Waals surface area contributed by atoms with Gasteiger partial charge in [-0.1, -0.05) is 20.3 Å². The third-order valence-electron chi connectivity index (χ3n) is 0. The zero-order valence-electron chi connectivity index (χ0n) is 4.40. The Morgan fingerprint density at radius 1 is 1.57 bits per heavy atom. The molecule has 1 N–H and O–H groups in total. The van der Waals surface area contributed by atoms with Crippen LogP contribution in [0.3, 0.4) is 0 Å². The van der Waals surface area contributed by atoms with Gasteiger partial charge >= 0.3 is 0 Å². The van der Waals surface area contributed by atoms with E-state index in [9.17, 15) is 0 Å². The van der Waals surface area contributed by atoms with Crippen LogP contribution in [0.1, 0.15) is 20.3 Å². The Bertz CT molecular complexity index is 26.9. The summed E-state index contributed by atoms with van der Waals surface area (Å²) in [4.78, 5) is 8.12. The van der Waals surface area contributed by atoms with Gasteiger partial charge in [0.05, 0.1) is 0 Å². The molecular weight excluding hydrogens is 162 g/mol. The summed E-state index contributed by atoms with van der Waals surface area (Å²) < 4.78 is 0. The molecule has 7 heavy (non-hydrogen) atoms. The molecule has 0 aromatic rings. The average molecular weight is 171 g/mol. The lowest BCUT2D eigenvalue weighted by molar-refractivity contribution is -0.398. The van der Waals surface area contributed by atoms with Crippen molar-refractivity contribution < 1.29 is 22.3 Å². The maximum absolute atomic E-state index is 8.12. The van der Waals surface area contributed by atoms with Crippen molar-refractivity contribution in [2.24, 2.45) is 0 Å². The van der Waals surface area contributed by atoms with E-state index in [0.717, 1.165) is 0 Å². The Hall–Kier alpha value is -0.120. The minimum Gasteiger partial charge on any atom is -1.00 e. The Labute approximate surface area is 53.4 Å². The molecule has 0 saturated carbocycles. The predicted octanol–water partition coefficient (Wildman–Crippen LogP) is -3.25. The van der Waals surface area contributed by atoms with Crippen molar-refractivity contribution in [1.82, 2.24) is 0 Å². The van der Waals surface area contributed by atoms with E-state index in [4.69, 9.17) is 10.1 Å². The first-order chi connectivity index (χ1) is 2.83. The van der Waals surface area contributed by atoms with Gasteiger partial charge in [0.25, 0.3) is 0 Å². The van der Waals surface area contributed by atoms with Crippen LogP contribution in [-0.2, 0) is 0 Å². The molecular formula is C3H9BrNO2-. The summed E-state index contributed by atoms with van der Waals surface area (Å²) in [5, 5.41) is 8.38. The molecule has 0 aliphatic carbocycles. The highest BCUT2D eigenvalue weighted by Crippen LogP contribution is 1.56. The van der Waals surface area contributed by atoms with Gasteiger partial charge in [0.15, 0.2) is 0 Å². The van der Waals surface area contributed by atoms with E-state index in [0.29, 0.717) is 0 Å². The second-order valence-electron chi connectivity index (χ2n) is 0.790. The average Bonchev–Trinajstić information content (AvgIpc) is 1.39. The number of rotatable bonds is 0. The van der Waals surface area contributed by atoms with E-state index in [1.807, 2.05) is 0 Å². The van der Waals surface area contributed by atoms with Crippen LogP contribution < -0.4 is 22.3 Å². The maximum Gasteiger partial charge on any atom is 0.00366 e. The highest BCUT2D eigenvalue weighted by atomic mass is 79.9. The number of halogens is 1. The van der Waals surface area contributed by atoms with E-state index >= 15 is 0 Å². The van der Waals surface area contributed by atoms with Crippen molar-refractivity contribution in [2.75, 3.05) is 0 Å². The van der Waals surface area contributed by atoms with E-state index in [-0.39, 0.29) is 22.3 Å². The summed E-state index contributed by atoms with van der Waals surface area (Å²) in [5.41, 5.74) is 0. The molecule has 3 nitrogen and oxygen atoms in total. The minimum atomic E-state index is 0. The Kier molecular flexibility index (Phi) is 89.4. The van der Waals surface area contributed by atoms with Crippen LogP contribution >= 0.6 is 0 Å². The van der Waals surface area contributed by atoms with E-state index < -0.39 is 0 Å². The van der Waals surface area contributed by atoms with Crippen LogP contribution in [0, 0.1) is 10.1 Å². The lowest BCUT2D eigenvalue weighted by Gasteiger charge is -1.48. The van der Waals surface area contributed by atoms with Crippen LogP contribution in [0.15, 0.2) is 0 Å². The van der Waals surface area contributed by atoms with E-state index in [1.165, 1.54) is 6.42 Å². The molecule has 0 aromatic carbocycles. The molecule has 0 heterocycles. The maximum atomic E-state index is 8.12. The first-order valence-electron chi connectivity index (χ1n) is 1.82. The molecule has 0 aliphatic rings. The Morgan fingerprint density at radius 2 is 1.57 bits per heavy atom. The van der Waals surface area contributed by atoms with Crippen molar-refractivity contribution in [2.45, 2.75) is 20.3 Å². The largest absolute Gasteiger partial charge is 1.00 e. The molecule has 0 fully saturated rings. The van der Waals surface area contributed by atoms with Gasteiger partial charge in [-0.3, -0.25) is 10.1 Å². The van der Waals surface area contributed by atoms with Crippen LogP contribution in [0.25, 0.3) is 0 Å². The van der Waals surface area contributed by atoms with E-state index in [1.54, 1.807) is 0 Å².